The first-order chi connectivity index (χ1) is 15.3. The van der Waals surface area contributed by atoms with Crippen molar-refractivity contribution in [3.8, 4) is 17.2 Å². The summed E-state index contributed by atoms with van der Waals surface area (Å²) in [6.07, 6.45) is 0. The van der Waals surface area contributed by atoms with E-state index in [1.54, 1.807) is 32.2 Å². The van der Waals surface area contributed by atoms with E-state index in [0.717, 1.165) is 20.4 Å². The molecule has 0 N–H and O–H groups in total. The van der Waals surface area contributed by atoms with Gasteiger partial charge in [-0.1, -0.05) is 29.8 Å². The van der Waals surface area contributed by atoms with Crippen molar-refractivity contribution in [3.63, 3.8) is 0 Å². The van der Waals surface area contributed by atoms with Gasteiger partial charge in [-0.05, 0) is 31.5 Å². The molecule has 9 heteroatoms. The van der Waals surface area contributed by atoms with Gasteiger partial charge in [0.15, 0.2) is 11.5 Å². The van der Waals surface area contributed by atoms with Gasteiger partial charge in [-0.25, -0.2) is 4.79 Å². The van der Waals surface area contributed by atoms with Gasteiger partial charge < -0.3 is 14.4 Å². The lowest BCUT2D eigenvalue weighted by Crippen LogP contribution is -2.46. The summed E-state index contributed by atoms with van der Waals surface area (Å²) >= 11 is 0. The predicted octanol–water partition coefficient (Wildman–Crippen LogP) is 1.86. The Balaban J connectivity index is 2.25. The number of nitrogens with zero attached hydrogens (tertiary/aromatic N) is 4. The van der Waals surface area contributed by atoms with Gasteiger partial charge >= 0.3 is 5.69 Å². The summed E-state index contributed by atoms with van der Waals surface area (Å²) in [4.78, 5) is 40.6. The van der Waals surface area contributed by atoms with E-state index in [1.807, 2.05) is 31.2 Å². The molecule has 0 fully saturated rings. The average molecular weight is 438 g/mol. The van der Waals surface area contributed by atoms with Gasteiger partial charge in [-0.3, -0.25) is 14.2 Å². The highest BCUT2D eigenvalue weighted by atomic mass is 16.5. The second kappa shape index (κ2) is 9.51. The van der Waals surface area contributed by atoms with Crippen LogP contribution in [0.25, 0.3) is 5.69 Å². The molecule has 0 spiro atoms. The fourth-order valence-electron chi connectivity index (χ4n) is 3.11. The molecule has 3 rings (SSSR count). The van der Waals surface area contributed by atoms with Crippen LogP contribution in [-0.2, 0) is 6.54 Å². The maximum atomic E-state index is 13.3. The third-order valence-electron chi connectivity index (χ3n) is 5.16. The summed E-state index contributed by atoms with van der Waals surface area (Å²) in [5, 5.41) is 4.14. The van der Waals surface area contributed by atoms with E-state index in [-0.39, 0.29) is 12.2 Å². The summed E-state index contributed by atoms with van der Waals surface area (Å²) in [7, 11) is 4.54. The highest BCUT2D eigenvalue weighted by molar-refractivity contribution is 5.91. The van der Waals surface area contributed by atoms with Crippen molar-refractivity contribution in [1.82, 2.24) is 19.2 Å². The maximum absolute atomic E-state index is 13.3. The van der Waals surface area contributed by atoms with Crippen LogP contribution in [0.4, 0.5) is 0 Å². The number of aryl methyl sites for hydroxylation is 1. The Morgan fingerprint density at radius 3 is 2.28 bits per heavy atom. The maximum Gasteiger partial charge on any atom is 0.352 e. The summed E-state index contributed by atoms with van der Waals surface area (Å²) in [6.45, 7) is 4.12. The lowest BCUT2D eigenvalue weighted by Gasteiger charge is -2.17. The Kier molecular flexibility index (Phi) is 6.77. The van der Waals surface area contributed by atoms with E-state index in [0.29, 0.717) is 23.7 Å². The van der Waals surface area contributed by atoms with Gasteiger partial charge in [-0.2, -0.15) is 9.78 Å². The van der Waals surface area contributed by atoms with Crippen LogP contribution >= 0.6 is 0 Å². The van der Waals surface area contributed by atoms with Crippen molar-refractivity contribution < 1.29 is 14.3 Å². The first kappa shape index (κ1) is 22.8. The minimum absolute atomic E-state index is 0.00384. The highest BCUT2D eigenvalue weighted by Crippen LogP contribution is 2.28. The van der Waals surface area contributed by atoms with Gasteiger partial charge in [0, 0.05) is 19.7 Å². The summed E-state index contributed by atoms with van der Waals surface area (Å²) < 4.78 is 12.6. The van der Waals surface area contributed by atoms with E-state index in [1.165, 1.54) is 19.1 Å². The zero-order valence-corrected chi connectivity index (χ0v) is 18.8. The van der Waals surface area contributed by atoms with Crippen LogP contribution in [0.3, 0.4) is 0 Å². The van der Waals surface area contributed by atoms with Crippen molar-refractivity contribution in [2.75, 3.05) is 27.8 Å². The fourth-order valence-corrected chi connectivity index (χ4v) is 3.11. The predicted molar refractivity (Wildman–Crippen MR) is 120 cm³/mol. The number of carbonyl (C=O) groups is 1. The molecule has 9 nitrogen and oxygen atoms in total. The minimum atomic E-state index is -0.738. The molecule has 0 bridgehead atoms. The topological polar surface area (TPSA) is 95.7 Å². The van der Waals surface area contributed by atoms with Gasteiger partial charge in [0.1, 0.15) is 0 Å². The standard InChI is InChI=1S/C23H26N4O5/c1-6-25(3)21(28)20-22(29)26(14-16-9-7-15(2)8-10-16)23(30)27(24-20)17-11-12-18(31-4)19(13-17)32-5/h7-13H,6,14H2,1-5H3. The van der Waals surface area contributed by atoms with E-state index in [4.69, 9.17) is 9.47 Å². The van der Waals surface area contributed by atoms with Crippen molar-refractivity contribution in [3.05, 3.63) is 80.1 Å². The second-order valence-corrected chi connectivity index (χ2v) is 7.28. The molecule has 3 aromatic rings. The summed E-state index contributed by atoms with van der Waals surface area (Å²) in [5.74, 6) is 0.289. The van der Waals surface area contributed by atoms with Crippen molar-refractivity contribution in [2.24, 2.45) is 0 Å². The number of carbonyl (C=O) groups excluding carboxylic acids is 1. The van der Waals surface area contributed by atoms with E-state index < -0.39 is 17.2 Å². The minimum Gasteiger partial charge on any atom is -0.493 e. The Hall–Kier alpha value is -3.88. The van der Waals surface area contributed by atoms with Gasteiger partial charge in [0.25, 0.3) is 11.5 Å². The van der Waals surface area contributed by atoms with Gasteiger partial charge in [0.2, 0.25) is 5.69 Å². The number of benzene rings is 2. The molecule has 0 atom stereocenters. The number of hydrogen-bond donors (Lipinski definition) is 0. The molecule has 0 aliphatic rings. The molecule has 0 unspecified atom stereocenters. The molecule has 168 valence electrons. The molecule has 2 aromatic carbocycles. The van der Waals surface area contributed by atoms with Crippen molar-refractivity contribution in [1.29, 1.82) is 0 Å². The van der Waals surface area contributed by atoms with Crippen LogP contribution in [0.15, 0.2) is 52.1 Å². The molecule has 0 aliphatic heterocycles. The lowest BCUT2D eigenvalue weighted by molar-refractivity contribution is 0.0791. The normalized spacial score (nSPS) is 10.7. The molecule has 1 amide bonds. The quantitative estimate of drug-likeness (QED) is 0.559. The van der Waals surface area contributed by atoms with Gasteiger partial charge in [0.05, 0.1) is 26.5 Å². The third kappa shape index (κ3) is 4.41. The molecule has 0 aliphatic carbocycles. The average Bonchev–Trinajstić information content (AvgIpc) is 2.81. The largest absolute Gasteiger partial charge is 0.493 e. The Morgan fingerprint density at radius 1 is 1.03 bits per heavy atom. The zero-order valence-electron chi connectivity index (χ0n) is 18.8. The zero-order chi connectivity index (χ0) is 23.4. The monoisotopic (exact) mass is 438 g/mol. The molecule has 1 heterocycles. The number of methoxy groups -OCH3 is 2. The number of hydrogen-bond acceptors (Lipinski definition) is 6. The van der Waals surface area contributed by atoms with Crippen LogP contribution in [0.2, 0.25) is 0 Å². The SMILES string of the molecule is CCN(C)C(=O)c1nn(-c2ccc(OC)c(OC)c2)c(=O)n(Cc2ccc(C)cc2)c1=O. The van der Waals surface area contributed by atoms with Crippen LogP contribution in [-0.4, -0.2) is 53.0 Å². The number of ether oxygens (including phenoxy) is 2. The fraction of sp³-hybridized carbons (Fsp3) is 0.304. The van der Waals surface area contributed by atoms with Crippen molar-refractivity contribution in [2.45, 2.75) is 20.4 Å². The molecule has 0 saturated heterocycles. The smallest absolute Gasteiger partial charge is 0.352 e. The first-order valence-corrected chi connectivity index (χ1v) is 10.1. The van der Waals surface area contributed by atoms with E-state index >= 15 is 0 Å². The first-order valence-electron chi connectivity index (χ1n) is 10.1. The summed E-state index contributed by atoms with van der Waals surface area (Å²) in [6, 6.07) is 12.2. The molecule has 32 heavy (non-hydrogen) atoms. The number of amides is 1. The lowest BCUT2D eigenvalue weighted by atomic mass is 10.1. The van der Waals surface area contributed by atoms with E-state index in [2.05, 4.69) is 5.10 Å². The van der Waals surface area contributed by atoms with Crippen LogP contribution in [0.5, 0.6) is 11.5 Å². The molecule has 0 radical (unpaired) electrons. The Labute approximate surface area is 185 Å². The Morgan fingerprint density at radius 2 is 1.69 bits per heavy atom. The number of rotatable bonds is 7. The number of aromatic nitrogens is 3. The second-order valence-electron chi connectivity index (χ2n) is 7.28. The van der Waals surface area contributed by atoms with Crippen molar-refractivity contribution >= 4 is 5.91 Å². The van der Waals surface area contributed by atoms with Crippen LogP contribution in [0.1, 0.15) is 28.5 Å². The molecule has 0 saturated carbocycles. The highest BCUT2D eigenvalue weighted by Gasteiger charge is 2.23. The third-order valence-corrected chi connectivity index (χ3v) is 5.16. The van der Waals surface area contributed by atoms with Gasteiger partial charge in [-0.15, -0.1) is 0 Å². The molecule has 1 aromatic heterocycles. The summed E-state index contributed by atoms with van der Waals surface area (Å²) in [5.41, 5.74) is 0.395. The Bertz CT molecular complexity index is 1240. The van der Waals surface area contributed by atoms with Crippen LogP contribution < -0.4 is 20.7 Å². The van der Waals surface area contributed by atoms with E-state index in [9.17, 15) is 14.4 Å². The molecular weight excluding hydrogens is 412 g/mol. The molecular formula is C23H26N4O5. The van der Waals surface area contributed by atoms with Crippen LogP contribution in [0, 0.1) is 6.92 Å².